The minimum Gasteiger partial charge on any atom is -0.395 e. The standard InChI is InChI=1S/C6H13N3O2/c7-5(4-10)3-9-2-1-8-6(9)11/h5,10H,1-4,7H2,(H,8,11). The molecule has 0 spiro atoms. The minimum absolute atomic E-state index is 0.0796. The Morgan fingerprint density at radius 1 is 1.82 bits per heavy atom. The van der Waals surface area contributed by atoms with Crippen LogP contribution in [0.4, 0.5) is 4.79 Å². The Kier molecular flexibility index (Phi) is 2.67. The van der Waals surface area contributed by atoms with Crippen LogP contribution in [0.3, 0.4) is 0 Å². The van der Waals surface area contributed by atoms with E-state index in [-0.39, 0.29) is 18.7 Å². The summed E-state index contributed by atoms with van der Waals surface area (Å²) >= 11 is 0. The Morgan fingerprint density at radius 2 is 2.55 bits per heavy atom. The first-order valence-corrected chi connectivity index (χ1v) is 3.63. The minimum atomic E-state index is -0.321. The molecule has 2 amide bonds. The van der Waals surface area contributed by atoms with Gasteiger partial charge in [-0.25, -0.2) is 4.79 Å². The van der Waals surface area contributed by atoms with Crippen LogP contribution in [-0.2, 0) is 0 Å². The molecule has 0 aromatic heterocycles. The third-order valence-corrected chi connectivity index (χ3v) is 1.63. The Labute approximate surface area is 65.2 Å². The van der Waals surface area contributed by atoms with Gasteiger partial charge >= 0.3 is 6.03 Å². The molecule has 11 heavy (non-hydrogen) atoms. The molecule has 1 aliphatic rings. The average Bonchev–Trinajstić information content (AvgIpc) is 2.37. The van der Waals surface area contributed by atoms with Gasteiger partial charge in [0, 0.05) is 25.7 Å². The number of aliphatic hydroxyl groups is 1. The van der Waals surface area contributed by atoms with Gasteiger partial charge in [-0.3, -0.25) is 0 Å². The SMILES string of the molecule is NC(CO)CN1CCNC1=O. The summed E-state index contributed by atoms with van der Waals surface area (Å²) in [6.45, 7) is 1.72. The molecule has 0 saturated carbocycles. The van der Waals surface area contributed by atoms with Crippen molar-refractivity contribution in [1.82, 2.24) is 10.2 Å². The predicted molar refractivity (Wildman–Crippen MR) is 40.0 cm³/mol. The van der Waals surface area contributed by atoms with E-state index in [0.717, 1.165) is 0 Å². The van der Waals surface area contributed by atoms with E-state index >= 15 is 0 Å². The maximum absolute atomic E-state index is 10.9. The van der Waals surface area contributed by atoms with Crippen LogP contribution in [0.15, 0.2) is 0 Å². The van der Waals surface area contributed by atoms with Gasteiger partial charge in [-0.1, -0.05) is 0 Å². The third kappa shape index (κ3) is 2.06. The Hall–Kier alpha value is -0.810. The van der Waals surface area contributed by atoms with Crippen LogP contribution < -0.4 is 11.1 Å². The maximum Gasteiger partial charge on any atom is 0.317 e. The Balaban J connectivity index is 2.30. The van der Waals surface area contributed by atoms with Crippen LogP contribution in [-0.4, -0.2) is 48.3 Å². The van der Waals surface area contributed by atoms with E-state index in [4.69, 9.17) is 10.8 Å². The molecular weight excluding hydrogens is 146 g/mol. The van der Waals surface area contributed by atoms with Crippen LogP contribution in [0.5, 0.6) is 0 Å². The van der Waals surface area contributed by atoms with Crippen molar-refractivity contribution in [3.8, 4) is 0 Å². The van der Waals surface area contributed by atoms with E-state index in [1.54, 1.807) is 4.90 Å². The lowest BCUT2D eigenvalue weighted by Crippen LogP contribution is -2.41. The number of hydrogen-bond donors (Lipinski definition) is 3. The van der Waals surface area contributed by atoms with Gasteiger partial charge < -0.3 is 21.1 Å². The summed E-state index contributed by atoms with van der Waals surface area (Å²) in [7, 11) is 0. The Morgan fingerprint density at radius 3 is 3.00 bits per heavy atom. The number of aliphatic hydroxyl groups excluding tert-OH is 1. The van der Waals surface area contributed by atoms with E-state index in [2.05, 4.69) is 5.32 Å². The predicted octanol–water partition coefficient (Wildman–Crippen LogP) is -1.67. The summed E-state index contributed by atoms with van der Waals surface area (Å²) in [4.78, 5) is 12.5. The summed E-state index contributed by atoms with van der Waals surface area (Å²) in [6.07, 6.45) is 0. The van der Waals surface area contributed by atoms with Crippen LogP contribution >= 0.6 is 0 Å². The van der Waals surface area contributed by atoms with Crippen molar-refractivity contribution in [2.75, 3.05) is 26.2 Å². The van der Waals surface area contributed by atoms with Crippen LogP contribution in [0.1, 0.15) is 0 Å². The van der Waals surface area contributed by atoms with Crippen molar-refractivity contribution in [2.45, 2.75) is 6.04 Å². The zero-order valence-corrected chi connectivity index (χ0v) is 6.29. The zero-order chi connectivity index (χ0) is 8.27. The molecule has 1 rings (SSSR count). The molecule has 1 aliphatic heterocycles. The number of nitrogens with two attached hydrogens (primary N) is 1. The van der Waals surface area contributed by atoms with Gasteiger partial charge in [0.05, 0.1) is 6.61 Å². The zero-order valence-electron chi connectivity index (χ0n) is 6.29. The summed E-state index contributed by atoms with van der Waals surface area (Å²) < 4.78 is 0. The molecule has 5 nitrogen and oxygen atoms in total. The Bertz CT molecular complexity index is 151. The number of rotatable bonds is 3. The lowest BCUT2D eigenvalue weighted by molar-refractivity contribution is 0.200. The number of carbonyl (C=O) groups is 1. The summed E-state index contributed by atoms with van der Waals surface area (Å²) in [6, 6.07) is -0.409. The fourth-order valence-electron chi connectivity index (χ4n) is 1.03. The normalized spacial score (nSPS) is 20.2. The molecule has 0 aromatic carbocycles. The first-order chi connectivity index (χ1) is 5.24. The van der Waals surface area contributed by atoms with Crippen molar-refractivity contribution in [2.24, 2.45) is 5.73 Å². The van der Waals surface area contributed by atoms with Crippen molar-refractivity contribution in [3.63, 3.8) is 0 Å². The lowest BCUT2D eigenvalue weighted by Gasteiger charge is -2.17. The average molecular weight is 159 g/mol. The number of nitrogens with one attached hydrogen (secondary N) is 1. The number of nitrogens with zero attached hydrogens (tertiary/aromatic N) is 1. The summed E-state index contributed by atoms with van der Waals surface area (Å²) in [5.74, 6) is 0. The highest BCUT2D eigenvalue weighted by atomic mass is 16.3. The molecule has 1 atom stereocenters. The first kappa shape index (κ1) is 8.29. The molecule has 1 unspecified atom stereocenters. The smallest absolute Gasteiger partial charge is 0.317 e. The highest BCUT2D eigenvalue weighted by Crippen LogP contribution is 1.96. The lowest BCUT2D eigenvalue weighted by atomic mass is 10.3. The molecule has 1 fully saturated rings. The monoisotopic (exact) mass is 159 g/mol. The van der Waals surface area contributed by atoms with Crippen molar-refractivity contribution in [3.05, 3.63) is 0 Å². The fourth-order valence-corrected chi connectivity index (χ4v) is 1.03. The second kappa shape index (κ2) is 3.54. The van der Waals surface area contributed by atoms with E-state index in [9.17, 15) is 4.79 Å². The maximum atomic E-state index is 10.9. The fraction of sp³-hybridized carbons (Fsp3) is 0.833. The third-order valence-electron chi connectivity index (χ3n) is 1.63. The van der Waals surface area contributed by atoms with Gasteiger partial charge in [0.25, 0.3) is 0 Å². The van der Waals surface area contributed by atoms with Crippen LogP contribution in [0.2, 0.25) is 0 Å². The van der Waals surface area contributed by atoms with Crippen molar-refractivity contribution in [1.29, 1.82) is 0 Å². The number of urea groups is 1. The number of amides is 2. The number of hydrogen-bond acceptors (Lipinski definition) is 3. The molecule has 1 saturated heterocycles. The summed E-state index contributed by atoms with van der Waals surface area (Å²) in [5, 5.41) is 11.2. The van der Waals surface area contributed by atoms with Gasteiger partial charge in [0.2, 0.25) is 0 Å². The first-order valence-electron chi connectivity index (χ1n) is 3.63. The van der Waals surface area contributed by atoms with E-state index in [1.807, 2.05) is 0 Å². The molecule has 4 N–H and O–H groups in total. The molecule has 0 bridgehead atoms. The molecule has 0 aliphatic carbocycles. The van der Waals surface area contributed by atoms with Gasteiger partial charge in [-0.15, -0.1) is 0 Å². The van der Waals surface area contributed by atoms with E-state index in [1.165, 1.54) is 0 Å². The van der Waals surface area contributed by atoms with Crippen molar-refractivity contribution < 1.29 is 9.90 Å². The molecule has 5 heteroatoms. The largest absolute Gasteiger partial charge is 0.395 e. The highest BCUT2D eigenvalue weighted by molar-refractivity contribution is 5.76. The van der Waals surface area contributed by atoms with Gasteiger partial charge in [-0.05, 0) is 0 Å². The molecule has 0 radical (unpaired) electrons. The molecule has 64 valence electrons. The second-order valence-corrected chi connectivity index (χ2v) is 2.62. The van der Waals surface area contributed by atoms with Crippen LogP contribution in [0.25, 0.3) is 0 Å². The quantitative estimate of drug-likeness (QED) is 0.461. The van der Waals surface area contributed by atoms with Crippen LogP contribution in [0, 0.1) is 0 Å². The van der Waals surface area contributed by atoms with Gasteiger partial charge in [0.1, 0.15) is 0 Å². The topological polar surface area (TPSA) is 78.6 Å². The molecular formula is C6H13N3O2. The van der Waals surface area contributed by atoms with Gasteiger partial charge in [0.15, 0.2) is 0 Å². The second-order valence-electron chi connectivity index (χ2n) is 2.62. The number of carbonyl (C=O) groups excluding carboxylic acids is 1. The molecule has 1 heterocycles. The highest BCUT2D eigenvalue weighted by Gasteiger charge is 2.20. The van der Waals surface area contributed by atoms with E-state index < -0.39 is 0 Å². The van der Waals surface area contributed by atoms with Gasteiger partial charge in [-0.2, -0.15) is 0 Å². The molecule has 0 aromatic rings. The van der Waals surface area contributed by atoms with E-state index in [0.29, 0.717) is 19.6 Å². The summed E-state index contributed by atoms with van der Waals surface area (Å²) in [5.41, 5.74) is 5.44. The van der Waals surface area contributed by atoms with Crippen molar-refractivity contribution >= 4 is 6.03 Å².